The molecule has 0 fully saturated rings. The summed E-state index contributed by atoms with van der Waals surface area (Å²) in [6.45, 7) is 0. The number of carboxylic acids is 1. The van der Waals surface area contributed by atoms with E-state index in [9.17, 15) is 4.79 Å². The smallest absolute Gasteiger partial charge is 0.320 e. The number of aromatic nitrogens is 2. The number of hydrogen-bond donors (Lipinski definition) is 3. The number of benzene rings is 2. The van der Waals surface area contributed by atoms with Crippen LogP contribution >= 0.6 is 11.8 Å². The van der Waals surface area contributed by atoms with E-state index in [-0.39, 0.29) is 12.4 Å². The van der Waals surface area contributed by atoms with Crippen molar-refractivity contribution in [1.29, 1.82) is 0 Å². The topological polar surface area (TPSA) is 115 Å². The Balaban J connectivity index is 1.91. The van der Waals surface area contributed by atoms with Crippen molar-refractivity contribution < 1.29 is 9.90 Å². The second-order valence-electron chi connectivity index (χ2n) is 6.07. The summed E-state index contributed by atoms with van der Waals surface area (Å²) in [7, 11) is 0. The van der Waals surface area contributed by atoms with Gasteiger partial charge >= 0.3 is 5.97 Å². The molecule has 3 aromatic rings. The molecule has 1 atom stereocenters. The fourth-order valence-corrected chi connectivity index (χ4v) is 3.16. The molecule has 27 heavy (non-hydrogen) atoms. The SMILES string of the molecule is CSc1cccc(-c2cc(-c3ccc(CC(N)C(=O)O)cc3)nc(N)n2)c1. The average Bonchev–Trinajstić information content (AvgIpc) is 2.68. The number of nitrogens with zero attached hydrogens (tertiary/aromatic N) is 2. The summed E-state index contributed by atoms with van der Waals surface area (Å²) in [5, 5.41) is 8.93. The molecule has 0 aliphatic rings. The molecule has 0 saturated carbocycles. The highest BCUT2D eigenvalue weighted by atomic mass is 32.2. The summed E-state index contributed by atoms with van der Waals surface area (Å²) in [6.07, 6.45) is 2.30. The first kappa shape index (κ1) is 18.9. The van der Waals surface area contributed by atoms with Gasteiger partial charge in [-0.25, -0.2) is 9.97 Å². The number of anilines is 1. The van der Waals surface area contributed by atoms with Crippen LogP contribution in [0.5, 0.6) is 0 Å². The fourth-order valence-electron chi connectivity index (χ4n) is 2.70. The Morgan fingerprint density at radius 1 is 1.07 bits per heavy atom. The molecule has 6 nitrogen and oxygen atoms in total. The van der Waals surface area contributed by atoms with E-state index < -0.39 is 12.0 Å². The van der Waals surface area contributed by atoms with Crippen LogP contribution in [0.1, 0.15) is 5.56 Å². The van der Waals surface area contributed by atoms with Gasteiger partial charge in [-0.2, -0.15) is 0 Å². The van der Waals surface area contributed by atoms with Crippen LogP contribution in [0.15, 0.2) is 59.5 Å². The molecule has 2 aromatic carbocycles. The monoisotopic (exact) mass is 380 g/mol. The van der Waals surface area contributed by atoms with E-state index in [0.717, 1.165) is 27.3 Å². The third-order valence-electron chi connectivity index (χ3n) is 4.13. The Bertz CT molecular complexity index is 960. The maximum absolute atomic E-state index is 10.9. The summed E-state index contributed by atoms with van der Waals surface area (Å²) in [5.74, 6) is -0.811. The second-order valence-corrected chi connectivity index (χ2v) is 6.95. The molecule has 0 radical (unpaired) electrons. The first-order valence-electron chi connectivity index (χ1n) is 8.33. The van der Waals surface area contributed by atoms with E-state index in [4.69, 9.17) is 16.6 Å². The molecule has 138 valence electrons. The van der Waals surface area contributed by atoms with Crippen molar-refractivity contribution in [3.05, 3.63) is 60.2 Å². The second kappa shape index (κ2) is 8.20. The van der Waals surface area contributed by atoms with Gasteiger partial charge in [-0.3, -0.25) is 4.79 Å². The Labute approximate surface area is 161 Å². The minimum absolute atomic E-state index is 0.203. The molecule has 1 heterocycles. The van der Waals surface area contributed by atoms with Gasteiger partial charge in [-0.1, -0.05) is 36.4 Å². The van der Waals surface area contributed by atoms with Gasteiger partial charge in [0.15, 0.2) is 0 Å². The maximum Gasteiger partial charge on any atom is 0.320 e. The number of nitrogen functional groups attached to an aromatic ring is 1. The van der Waals surface area contributed by atoms with Crippen molar-refractivity contribution in [3.8, 4) is 22.5 Å². The van der Waals surface area contributed by atoms with Crippen molar-refractivity contribution >= 4 is 23.7 Å². The summed E-state index contributed by atoms with van der Waals surface area (Å²) in [4.78, 5) is 20.7. The summed E-state index contributed by atoms with van der Waals surface area (Å²) < 4.78 is 0. The molecule has 7 heteroatoms. The van der Waals surface area contributed by atoms with E-state index >= 15 is 0 Å². The van der Waals surface area contributed by atoms with E-state index in [2.05, 4.69) is 16.0 Å². The molecule has 0 aliphatic heterocycles. The van der Waals surface area contributed by atoms with Crippen molar-refractivity contribution in [2.45, 2.75) is 17.4 Å². The zero-order chi connectivity index (χ0) is 19.4. The quantitative estimate of drug-likeness (QED) is 0.563. The predicted octanol–water partition coefficient (Wildman–Crippen LogP) is 3.07. The van der Waals surface area contributed by atoms with Gasteiger partial charge in [0.1, 0.15) is 6.04 Å². The van der Waals surface area contributed by atoms with Gasteiger partial charge < -0.3 is 16.6 Å². The third kappa shape index (κ3) is 4.64. The molecular formula is C20H20N4O2S. The Hall–Kier alpha value is -2.90. The number of carbonyl (C=O) groups is 1. The third-order valence-corrected chi connectivity index (χ3v) is 4.86. The van der Waals surface area contributed by atoms with Crippen molar-refractivity contribution in [2.24, 2.45) is 5.73 Å². The highest BCUT2D eigenvalue weighted by Gasteiger charge is 2.12. The van der Waals surface area contributed by atoms with Crippen LogP contribution in [0.2, 0.25) is 0 Å². The number of hydrogen-bond acceptors (Lipinski definition) is 6. The molecule has 0 bridgehead atoms. The van der Waals surface area contributed by atoms with E-state index in [1.807, 2.05) is 54.8 Å². The van der Waals surface area contributed by atoms with E-state index in [0.29, 0.717) is 5.69 Å². The molecule has 1 aromatic heterocycles. The predicted molar refractivity (Wildman–Crippen MR) is 108 cm³/mol. The van der Waals surface area contributed by atoms with Crippen molar-refractivity contribution in [2.75, 3.05) is 12.0 Å². The molecule has 0 aliphatic carbocycles. The molecule has 0 saturated heterocycles. The van der Waals surface area contributed by atoms with E-state index in [1.165, 1.54) is 0 Å². The molecule has 5 N–H and O–H groups in total. The van der Waals surface area contributed by atoms with Crippen LogP contribution < -0.4 is 11.5 Å². The summed E-state index contributed by atoms with van der Waals surface area (Å²) in [5.41, 5.74) is 15.7. The first-order valence-corrected chi connectivity index (χ1v) is 9.55. The van der Waals surface area contributed by atoms with Crippen LogP contribution in [0, 0.1) is 0 Å². The Morgan fingerprint density at radius 3 is 2.37 bits per heavy atom. The lowest BCUT2D eigenvalue weighted by Gasteiger charge is -2.09. The van der Waals surface area contributed by atoms with E-state index in [1.54, 1.807) is 11.8 Å². The normalized spacial score (nSPS) is 11.9. The minimum Gasteiger partial charge on any atom is -0.480 e. The van der Waals surface area contributed by atoms with Gasteiger partial charge in [0.05, 0.1) is 11.4 Å². The highest BCUT2D eigenvalue weighted by molar-refractivity contribution is 7.98. The maximum atomic E-state index is 10.9. The van der Waals surface area contributed by atoms with Crippen LogP contribution in [-0.2, 0) is 11.2 Å². The lowest BCUT2D eigenvalue weighted by molar-refractivity contribution is -0.138. The zero-order valence-corrected chi connectivity index (χ0v) is 15.6. The molecule has 1 unspecified atom stereocenters. The highest BCUT2D eigenvalue weighted by Crippen LogP contribution is 2.27. The number of aliphatic carboxylic acids is 1. The largest absolute Gasteiger partial charge is 0.480 e. The Morgan fingerprint density at radius 2 is 1.74 bits per heavy atom. The van der Waals surface area contributed by atoms with Crippen LogP contribution in [0.25, 0.3) is 22.5 Å². The van der Waals surface area contributed by atoms with Crippen LogP contribution in [0.3, 0.4) is 0 Å². The number of rotatable bonds is 6. The molecular weight excluding hydrogens is 360 g/mol. The molecule has 3 rings (SSSR count). The van der Waals surface area contributed by atoms with Gasteiger partial charge in [0.2, 0.25) is 5.95 Å². The zero-order valence-electron chi connectivity index (χ0n) is 14.8. The summed E-state index contributed by atoms with van der Waals surface area (Å²) in [6, 6.07) is 16.5. The molecule has 0 amide bonds. The molecule has 0 spiro atoms. The lowest BCUT2D eigenvalue weighted by atomic mass is 10.0. The first-order chi connectivity index (χ1) is 13.0. The standard InChI is InChI=1S/C20H20N4O2S/c1-27-15-4-2-3-14(10-15)18-11-17(23-20(22)24-18)13-7-5-12(6-8-13)9-16(21)19(25)26/h2-8,10-11,16H,9,21H2,1H3,(H,25,26)(H2,22,23,24). The van der Waals surface area contributed by atoms with Gasteiger partial charge in [-0.15, -0.1) is 11.8 Å². The number of thioether (sulfide) groups is 1. The fraction of sp³-hybridized carbons (Fsp3) is 0.150. The van der Waals surface area contributed by atoms with Crippen LogP contribution in [0.4, 0.5) is 5.95 Å². The van der Waals surface area contributed by atoms with Gasteiger partial charge in [0.25, 0.3) is 0 Å². The van der Waals surface area contributed by atoms with Crippen molar-refractivity contribution in [3.63, 3.8) is 0 Å². The van der Waals surface area contributed by atoms with Gasteiger partial charge in [0, 0.05) is 16.0 Å². The van der Waals surface area contributed by atoms with Crippen LogP contribution in [-0.4, -0.2) is 33.3 Å². The number of carboxylic acid groups (broad SMARTS) is 1. The van der Waals surface area contributed by atoms with Crippen molar-refractivity contribution in [1.82, 2.24) is 9.97 Å². The Kier molecular flexibility index (Phi) is 5.73. The number of nitrogens with two attached hydrogens (primary N) is 2. The summed E-state index contributed by atoms with van der Waals surface area (Å²) >= 11 is 1.66. The van der Waals surface area contributed by atoms with Gasteiger partial charge in [-0.05, 0) is 36.4 Å². The minimum atomic E-state index is -1.01. The lowest BCUT2D eigenvalue weighted by Crippen LogP contribution is -2.32. The average molecular weight is 380 g/mol.